The van der Waals surface area contributed by atoms with Gasteiger partial charge in [-0.3, -0.25) is 20.4 Å². The van der Waals surface area contributed by atoms with Crippen LogP contribution in [0.2, 0.25) is 0 Å². The van der Waals surface area contributed by atoms with Crippen molar-refractivity contribution >= 4 is 33.8 Å². The van der Waals surface area contributed by atoms with Gasteiger partial charge in [0.1, 0.15) is 17.4 Å². The molecule has 0 saturated carbocycles. The molecule has 25 heavy (non-hydrogen) atoms. The first-order valence-corrected chi connectivity index (χ1v) is 8.02. The van der Waals surface area contributed by atoms with Crippen LogP contribution in [0.25, 0.3) is 6.08 Å². The van der Waals surface area contributed by atoms with E-state index in [1.165, 1.54) is 6.08 Å². The van der Waals surface area contributed by atoms with Gasteiger partial charge in [0.05, 0.1) is 0 Å². The summed E-state index contributed by atoms with van der Waals surface area (Å²) in [6, 6.07) is 17.7. The summed E-state index contributed by atoms with van der Waals surface area (Å²) < 4.78 is 6.11. The smallest absolute Gasteiger partial charge is 0.280 e. The van der Waals surface area contributed by atoms with Gasteiger partial charge in [-0.2, -0.15) is 5.26 Å². The molecule has 0 spiro atoms. The second-order valence-corrected chi connectivity index (χ2v) is 5.74. The lowest BCUT2D eigenvalue weighted by Crippen LogP contribution is -2.44. The summed E-state index contributed by atoms with van der Waals surface area (Å²) in [5.41, 5.74) is 4.96. The molecule has 0 heterocycles. The van der Waals surface area contributed by atoms with E-state index in [1.807, 2.05) is 12.1 Å². The topological polar surface area (TPSA) is 91.2 Å². The maximum atomic E-state index is 11.9. The first-order chi connectivity index (χ1) is 12.1. The predicted octanol–water partition coefficient (Wildman–Crippen LogP) is 2.58. The molecule has 0 aromatic heterocycles. The molecule has 2 N–H and O–H groups in total. The van der Waals surface area contributed by atoms with Crippen molar-refractivity contribution < 1.29 is 14.3 Å². The Kier molecular flexibility index (Phi) is 6.75. The highest BCUT2D eigenvalue weighted by molar-refractivity contribution is 9.10. The molecule has 2 aromatic carbocycles. The molecule has 0 fully saturated rings. The lowest BCUT2D eigenvalue weighted by Gasteiger charge is -2.08. The summed E-state index contributed by atoms with van der Waals surface area (Å²) in [4.78, 5) is 23.6. The number of hydrogen-bond acceptors (Lipinski definition) is 4. The minimum Gasteiger partial charge on any atom is -0.484 e. The van der Waals surface area contributed by atoms with Gasteiger partial charge in [0.15, 0.2) is 6.61 Å². The third-order valence-corrected chi connectivity index (χ3v) is 3.45. The number of hydrogen-bond donors (Lipinski definition) is 2. The lowest BCUT2D eigenvalue weighted by molar-refractivity contribution is -0.128. The van der Waals surface area contributed by atoms with Crippen LogP contribution in [0.15, 0.2) is 64.6 Å². The molecule has 2 aromatic rings. The Morgan fingerprint density at radius 1 is 1.12 bits per heavy atom. The molecule has 0 radical (unpaired) electrons. The number of benzene rings is 2. The standard InChI is InChI=1S/C18H14BrN3O3/c19-15-7-4-8-16(10-15)25-12-17(23)21-22-18(24)14(11-20)9-13-5-2-1-3-6-13/h1-10H,12H2,(H,21,23)(H,22,24)/b14-9-. The Hall–Kier alpha value is -3.11. The number of halogens is 1. The molecule has 0 atom stereocenters. The van der Waals surface area contributed by atoms with Gasteiger partial charge in [-0.15, -0.1) is 0 Å². The van der Waals surface area contributed by atoms with E-state index in [9.17, 15) is 9.59 Å². The van der Waals surface area contributed by atoms with Gasteiger partial charge in [-0.05, 0) is 29.8 Å². The van der Waals surface area contributed by atoms with Crippen LogP contribution in [-0.2, 0) is 9.59 Å². The molecular weight excluding hydrogens is 386 g/mol. The van der Waals surface area contributed by atoms with E-state index >= 15 is 0 Å². The predicted molar refractivity (Wildman–Crippen MR) is 96.0 cm³/mol. The molecule has 0 aliphatic carbocycles. The van der Waals surface area contributed by atoms with E-state index in [0.717, 1.165) is 4.47 Å². The van der Waals surface area contributed by atoms with Gasteiger partial charge in [0.25, 0.3) is 11.8 Å². The minimum absolute atomic E-state index is 0.126. The number of nitrogens with one attached hydrogen (secondary N) is 2. The second-order valence-electron chi connectivity index (χ2n) is 4.83. The number of carbonyl (C=O) groups excluding carboxylic acids is 2. The van der Waals surface area contributed by atoms with E-state index in [1.54, 1.807) is 48.5 Å². The van der Waals surface area contributed by atoms with E-state index in [0.29, 0.717) is 11.3 Å². The lowest BCUT2D eigenvalue weighted by atomic mass is 10.1. The van der Waals surface area contributed by atoms with Gasteiger partial charge < -0.3 is 4.74 Å². The fourth-order valence-corrected chi connectivity index (χ4v) is 2.18. The molecule has 7 heteroatoms. The first-order valence-electron chi connectivity index (χ1n) is 7.23. The SMILES string of the molecule is N#C/C(=C/c1ccccc1)C(=O)NNC(=O)COc1cccc(Br)c1. The highest BCUT2D eigenvalue weighted by Crippen LogP contribution is 2.17. The van der Waals surface area contributed by atoms with Crippen LogP contribution < -0.4 is 15.6 Å². The third kappa shape index (κ3) is 6.12. The van der Waals surface area contributed by atoms with Crippen molar-refractivity contribution in [2.45, 2.75) is 0 Å². The average molecular weight is 400 g/mol. The molecule has 0 unspecified atom stereocenters. The van der Waals surface area contributed by atoms with Crippen molar-refractivity contribution in [2.75, 3.05) is 6.61 Å². The van der Waals surface area contributed by atoms with Gasteiger partial charge in [0.2, 0.25) is 0 Å². The van der Waals surface area contributed by atoms with E-state index < -0.39 is 11.8 Å². The molecule has 2 amide bonds. The maximum Gasteiger partial charge on any atom is 0.280 e. The van der Waals surface area contributed by atoms with Crippen molar-refractivity contribution in [3.63, 3.8) is 0 Å². The Bertz CT molecular complexity index is 829. The van der Waals surface area contributed by atoms with Crippen LogP contribution in [0.5, 0.6) is 5.75 Å². The molecular formula is C18H14BrN3O3. The molecule has 6 nitrogen and oxygen atoms in total. The number of carbonyl (C=O) groups is 2. The van der Waals surface area contributed by atoms with Crippen molar-refractivity contribution in [1.29, 1.82) is 5.26 Å². The fourth-order valence-electron chi connectivity index (χ4n) is 1.80. The number of nitriles is 1. The summed E-state index contributed by atoms with van der Waals surface area (Å²) in [7, 11) is 0. The van der Waals surface area contributed by atoms with Crippen LogP contribution >= 0.6 is 15.9 Å². The summed E-state index contributed by atoms with van der Waals surface area (Å²) in [5.74, 6) is -0.745. The number of hydrazine groups is 1. The number of nitrogens with zero attached hydrogens (tertiary/aromatic N) is 1. The van der Waals surface area contributed by atoms with Crippen molar-refractivity contribution in [3.8, 4) is 11.8 Å². The monoisotopic (exact) mass is 399 g/mol. The Morgan fingerprint density at radius 2 is 1.88 bits per heavy atom. The highest BCUT2D eigenvalue weighted by atomic mass is 79.9. The Balaban J connectivity index is 1.85. The quantitative estimate of drug-likeness (QED) is 0.459. The van der Waals surface area contributed by atoms with Crippen molar-refractivity contribution in [3.05, 3.63) is 70.2 Å². The second kappa shape index (κ2) is 9.25. The highest BCUT2D eigenvalue weighted by Gasteiger charge is 2.10. The van der Waals surface area contributed by atoms with Crippen molar-refractivity contribution in [1.82, 2.24) is 10.9 Å². The molecule has 2 rings (SSSR count). The molecule has 0 saturated heterocycles. The van der Waals surface area contributed by atoms with Gasteiger partial charge in [0, 0.05) is 4.47 Å². The zero-order chi connectivity index (χ0) is 18.1. The number of amides is 2. The molecule has 0 aliphatic heterocycles. The van der Waals surface area contributed by atoms with Crippen LogP contribution in [0.4, 0.5) is 0 Å². The summed E-state index contributed by atoms with van der Waals surface area (Å²) in [6.07, 6.45) is 1.43. The number of rotatable bonds is 5. The summed E-state index contributed by atoms with van der Waals surface area (Å²) >= 11 is 3.30. The average Bonchev–Trinajstić information content (AvgIpc) is 2.63. The fraction of sp³-hybridized carbons (Fsp3) is 0.0556. The molecule has 0 aliphatic rings. The zero-order valence-electron chi connectivity index (χ0n) is 13.0. The van der Waals surface area contributed by atoms with E-state index in [2.05, 4.69) is 26.8 Å². The summed E-state index contributed by atoms with van der Waals surface area (Å²) in [5, 5.41) is 9.08. The Morgan fingerprint density at radius 3 is 2.56 bits per heavy atom. The minimum atomic E-state index is -0.706. The van der Waals surface area contributed by atoms with Crippen LogP contribution in [0, 0.1) is 11.3 Å². The van der Waals surface area contributed by atoms with Crippen molar-refractivity contribution in [2.24, 2.45) is 0 Å². The summed E-state index contributed by atoms with van der Waals surface area (Å²) in [6.45, 7) is -0.277. The van der Waals surface area contributed by atoms with Crippen LogP contribution in [0.1, 0.15) is 5.56 Å². The van der Waals surface area contributed by atoms with E-state index in [4.69, 9.17) is 10.00 Å². The van der Waals surface area contributed by atoms with Gasteiger partial charge >= 0.3 is 0 Å². The zero-order valence-corrected chi connectivity index (χ0v) is 14.6. The van der Waals surface area contributed by atoms with Gasteiger partial charge in [-0.1, -0.05) is 52.3 Å². The first kappa shape index (κ1) is 18.2. The van der Waals surface area contributed by atoms with Crippen LogP contribution in [-0.4, -0.2) is 18.4 Å². The largest absolute Gasteiger partial charge is 0.484 e. The maximum absolute atomic E-state index is 11.9. The Labute approximate surface area is 153 Å². The molecule has 126 valence electrons. The normalized spacial score (nSPS) is 10.5. The third-order valence-electron chi connectivity index (χ3n) is 2.96. The van der Waals surface area contributed by atoms with Gasteiger partial charge in [-0.25, -0.2) is 0 Å². The van der Waals surface area contributed by atoms with E-state index in [-0.39, 0.29) is 12.2 Å². The van der Waals surface area contributed by atoms with Crippen LogP contribution in [0.3, 0.4) is 0 Å². The molecule has 0 bridgehead atoms. The number of ether oxygens (including phenoxy) is 1.